The molecule has 1 aromatic carbocycles. The Balaban J connectivity index is 1.43. The first kappa shape index (κ1) is 17.8. The van der Waals surface area contributed by atoms with Crippen LogP contribution in [0.15, 0.2) is 48.8 Å². The van der Waals surface area contributed by atoms with Crippen LogP contribution in [-0.4, -0.2) is 26.4 Å². The molecule has 3 aromatic rings. The fourth-order valence-corrected chi connectivity index (χ4v) is 3.47. The summed E-state index contributed by atoms with van der Waals surface area (Å²) < 4.78 is 0. The van der Waals surface area contributed by atoms with Crippen LogP contribution in [0.3, 0.4) is 0 Å². The number of rotatable bonds is 4. The maximum atomic E-state index is 4.76. The normalized spacial score (nSPS) is 14.4. The molecule has 2 aromatic heterocycles. The third-order valence-electron chi connectivity index (χ3n) is 5.13. The van der Waals surface area contributed by atoms with Crippen molar-refractivity contribution in [1.82, 2.24) is 19.9 Å². The minimum Gasteiger partial charge on any atom is -0.294 e. The fraction of sp³-hybridized carbons (Fsp3) is 0.348. The Morgan fingerprint density at radius 1 is 1.00 bits per heavy atom. The molecule has 138 valence electrons. The quantitative estimate of drug-likeness (QED) is 0.687. The van der Waals surface area contributed by atoms with Crippen molar-refractivity contribution >= 4 is 0 Å². The van der Waals surface area contributed by atoms with Gasteiger partial charge in [0.2, 0.25) is 0 Å². The van der Waals surface area contributed by atoms with Crippen molar-refractivity contribution in [2.45, 2.75) is 46.2 Å². The van der Waals surface area contributed by atoms with Gasteiger partial charge in [-0.05, 0) is 18.6 Å². The number of hydrogen-bond donors (Lipinski definition) is 0. The lowest BCUT2D eigenvalue weighted by atomic mass is 10.1. The van der Waals surface area contributed by atoms with Crippen LogP contribution in [-0.2, 0) is 19.5 Å². The lowest BCUT2D eigenvalue weighted by Crippen LogP contribution is -2.31. The van der Waals surface area contributed by atoms with Crippen LogP contribution in [0.4, 0.5) is 0 Å². The summed E-state index contributed by atoms with van der Waals surface area (Å²) in [6.45, 7) is 9.24. The van der Waals surface area contributed by atoms with Crippen molar-refractivity contribution in [3.05, 3.63) is 77.0 Å². The molecule has 0 N–H and O–H groups in total. The molecule has 0 saturated carbocycles. The van der Waals surface area contributed by atoms with E-state index in [1.165, 1.54) is 22.4 Å². The Kier molecular flexibility index (Phi) is 4.99. The third-order valence-corrected chi connectivity index (χ3v) is 5.13. The average Bonchev–Trinajstić information content (AvgIpc) is 2.69. The molecule has 4 nitrogen and oxygen atoms in total. The number of benzene rings is 1. The Morgan fingerprint density at radius 3 is 2.52 bits per heavy atom. The molecule has 0 atom stereocenters. The molecular weight excluding hydrogens is 332 g/mol. The number of nitrogens with zero attached hydrogens (tertiary/aromatic N) is 4. The molecule has 0 saturated heterocycles. The SMILES string of the molecule is Cc1ccc(-c2ccc(CN3CCc4nc(C(C)C)ncc4C3)cn2)cc1. The molecule has 3 heterocycles. The van der Waals surface area contributed by atoms with E-state index in [1.54, 1.807) is 0 Å². The van der Waals surface area contributed by atoms with Gasteiger partial charge in [-0.25, -0.2) is 9.97 Å². The van der Waals surface area contributed by atoms with Gasteiger partial charge in [0.15, 0.2) is 0 Å². The zero-order chi connectivity index (χ0) is 18.8. The molecule has 0 fully saturated rings. The number of aryl methyl sites for hydroxylation is 1. The van der Waals surface area contributed by atoms with E-state index in [1.807, 2.05) is 12.4 Å². The largest absolute Gasteiger partial charge is 0.294 e. The second-order valence-electron chi connectivity index (χ2n) is 7.73. The van der Waals surface area contributed by atoms with E-state index < -0.39 is 0 Å². The first-order chi connectivity index (χ1) is 13.1. The van der Waals surface area contributed by atoms with Gasteiger partial charge in [0.1, 0.15) is 5.82 Å². The second kappa shape index (κ2) is 7.57. The smallest absolute Gasteiger partial charge is 0.131 e. The maximum Gasteiger partial charge on any atom is 0.131 e. The molecule has 0 radical (unpaired) electrons. The third kappa shape index (κ3) is 4.06. The summed E-state index contributed by atoms with van der Waals surface area (Å²) in [5.74, 6) is 1.34. The molecule has 0 unspecified atom stereocenters. The van der Waals surface area contributed by atoms with E-state index in [-0.39, 0.29) is 0 Å². The number of fused-ring (bicyclic) bond motifs is 1. The molecule has 0 bridgehead atoms. The van der Waals surface area contributed by atoms with Crippen molar-refractivity contribution in [3.63, 3.8) is 0 Å². The van der Waals surface area contributed by atoms with Crippen LogP contribution in [0, 0.1) is 6.92 Å². The van der Waals surface area contributed by atoms with Gasteiger partial charge in [0.25, 0.3) is 0 Å². The summed E-state index contributed by atoms with van der Waals surface area (Å²) in [4.78, 5) is 16.4. The lowest BCUT2D eigenvalue weighted by Gasteiger charge is -2.28. The molecule has 27 heavy (non-hydrogen) atoms. The van der Waals surface area contributed by atoms with E-state index >= 15 is 0 Å². The van der Waals surface area contributed by atoms with Crippen molar-refractivity contribution < 1.29 is 0 Å². The minimum absolute atomic E-state index is 0.381. The summed E-state index contributed by atoms with van der Waals surface area (Å²) in [5, 5.41) is 0. The van der Waals surface area contributed by atoms with Gasteiger partial charge in [0, 0.05) is 61.2 Å². The van der Waals surface area contributed by atoms with E-state index in [9.17, 15) is 0 Å². The molecule has 1 aliphatic rings. The topological polar surface area (TPSA) is 41.9 Å². The van der Waals surface area contributed by atoms with E-state index in [0.29, 0.717) is 5.92 Å². The predicted octanol–water partition coefficient (Wildman–Crippen LogP) is 4.53. The van der Waals surface area contributed by atoms with Crippen LogP contribution >= 0.6 is 0 Å². The summed E-state index contributed by atoms with van der Waals surface area (Å²) in [6.07, 6.45) is 5.01. The highest BCUT2D eigenvalue weighted by atomic mass is 15.1. The van der Waals surface area contributed by atoms with Gasteiger partial charge in [-0.2, -0.15) is 0 Å². The van der Waals surface area contributed by atoms with Crippen molar-refractivity contribution in [3.8, 4) is 11.3 Å². The molecule has 0 amide bonds. The lowest BCUT2D eigenvalue weighted by molar-refractivity contribution is 0.242. The Hall–Kier alpha value is -2.59. The van der Waals surface area contributed by atoms with Crippen molar-refractivity contribution in [2.75, 3.05) is 6.54 Å². The molecule has 0 spiro atoms. The van der Waals surface area contributed by atoms with Gasteiger partial charge >= 0.3 is 0 Å². The van der Waals surface area contributed by atoms with Crippen LogP contribution in [0.1, 0.15) is 48.0 Å². The van der Waals surface area contributed by atoms with Gasteiger partial charge in [-0.15, -0.1) is 0 Å². The first-order valence-electron chi connectivity index (χ1n) is 9.67. The van der Waals surface area contributed by atoms with Crippen molar-refractivity contribution in [2.24, 2.45) is 0 Å². The van der Waals surface area contributed by atoms with Gasteiger partial charge in [-0.3, -0.25) is 9.88 Å². The highest BCUT2D eigenvalue weighted by molar-refractivity contribution is 5.59. The average molecular weight is 358 g/mol. The van der Waals surface area contributed by atoms with Crippen LogP contribution in [0.25, 0.3) is 11.3 Å². The zero-order valence-electron chi connectivity index (χ0n) is 16.3. The Bertz CT molecular complexity index is 914. The predicted molar refractivity (Wildman–Crippen MR) is 108 cm³/mol. The highest BCUT2D eigenvalue weighted by Gasteiger charge is 2.19. The van der Waals surface area contributed by atoms with Crippen molar-refractivity contribution in [1.29, 1.82) is 0 Å². The number of hydrogen-bond acceptors (Lipinski definition) is 4. The summed E-state index contributed by atoms with van der Waals surface area (Å²) in [7, 11) is 0. The van der Waals surface area contributed by atoms with Gasteiger partial charge in [0.05, 0.1) is 5.69 Å². The van der Waals surface area contributed by atoms with E-state index in [4.69, 9.17) is 4.98 Å². The van der Waals surface area contributed by atoms with Gasteiger partial charge in [-0.1, -0.05) is 49.7 Å². The second-order valence-corrected chi connectivity index (χ2v) is 7.73. The van der Waals surface area contributed by atoms with E-state index in [0.717, 1.165) is 43.1 Å². The number of aromatic nitrogens is 3. The van der Waals surface area contributed by atoms with E-state index in [2.05, 4.69) is 72.0 Å². The van der Waals surface area contributed by atoms with Crippen LogP contribution in [0.2, 0.25) is 0 Å². The minimum atomic E-state index is 0.381. The molecule has 4 heteroatoms. The van der Waals surface area contributed by atoms with Crippen LogP contribution < -0.4 is 0 Å². The maximum absolute atomic E-state index is 4.76. The highest BCUT2D eigenvalue weighted by Crippen LogP contribution is 2.22. The summed E-state index contributed by atoms with van der Waals surface area (Å²) in [6, 6.07) is 12.8. The summed E-state index contributed by atoms with van der Waals surface area (Å²) in [5.41, 5.74) is 7.18. The zero-order valence-corrected chi connectivity index (χ0v) is 16.3. The molecule has 4 rings (SSSR count). The molecule has 1 aliphatic heterocycles. The fourth-order valence-electron chi connectivity index (χ4n) is 3.47. The molecular formula is C23H26N4. The Labute approximate surface area is 161 Å². The summed E-state index contributed by atoms with van der Waals surface area (Å²) >= 11 is 0. The monoisotopic (exact) mass is 358 g/mol. The van der Waals surface area contributed by atoms with Gasteiger partial charge < -0.3 is 0 Å². The van der Waals surface area contributed by atoms with Crippen LogP contribution in [0.5, 0.6) is 0 Å². The Morgan fingerprint density at radius 2 is 1.81 bits per heavy atom. The molecule has 0 aliphatic carbocycles. The number of pyridine rings is 1. The standard InChI is InChI=1S/C23H26N4/c1-16(2)23-25-13-20-15-27(11-10-22(20)26-23)14-18-6-9-21(24-12-18)19-7-4-17(3)5-8-19/h4-9,12-13,16H,10-11,14-15H2,1-3H3. The first-order valence-corrected chi connectivity index (χ1v) is 9.67.